The van der Waals surface area contributed by atoms with Crippen molar-refractivity contribution in [1.29, 1.82) is 0 Å². The van der Waals surface area contributed by atoms with Crippen LogP contribution in [0.2, 0.25) is 0 Å². The number of nitrogens with one attached hydrogen (secondary N) is 1. The summed E-state index contributed by atoms with van der Waals surface area (Å²) in [6, 6.07) is 8.66. The van der Waals surface area contributed by atoms with Gasteiger partial charge in [-0.3, -0.25) is 4.99 Å². The minimum Gasteiger partial charge on any atom is -0.349 e. The molecule has 128 valence electrons. The summed E-state index contributed by atoms with van der Waals surface area (Å²) in [7, 11) is 1.84. The molecular weight excluding hydrogens is 415 g/mol. The highest BCUT2D eigenvalue weighted by Crippen LogP contribution is 2.18. The summed E-state index contributed by atoms with van der Waals surface area (Å²) in [5.74, 6) is 3.06. The smallest absolute Gasteiger partial charge is 0.194 e. The third kappa shape index (κ3) is 3.26. The molecule has 3 heterocycles. The largest absolute Gasteiger partial charge is 0.349 e. The third-order valence-corrected chi connectivity index (χ3v) is 4.73. The summed E-state index contributed by atoms with van der Waals surface area (Å²) >= 11 is 0. The molecule has 6 nitrogen and oxygen atoms in total. The van der Waals surface area contributed by atoms with Crippen LogP contribution in [-0.2, 0) is 32.5 Å². The maximum Gasteiger partial charge on any atom is 0.194 e. The standard InChI is InChI=1S/C17H22N6.HI/c1-18-17(19-11-16-21-20-15-7-4-9-23(15)16)22-10-8-13-5-2-3-6-14(13)12-22;/h2-3,5-6H,4,7-12H2,1H3,(H,18,19);1H. The maximum absolute atomic E-state index is 4.45. The molecule has 24 heavy (non-hydrogen) atoms. The lowest BCUT2D eigenvalue weighted by Gasteiger charge is -2.31. The second kappa shape index (κ2) is 7.50. The van der Waals surface area contributed by atoms with Gasteiger partial charge >= 0.3 is 0 Å². The zero-order chi connectivity index (χ0) is 15.6. The predicted molar refractivity (Wildman–Crippen MR) is 105 cm³/mol. The van der Waals surface area contributed by atoms with E-state index in [0.717, 1.165) is 50.1 Å². The highest BCUT2D eigenvalue weighted by Gasteiger charge is 2.20. The van der Waals surface area contributed by atoms with Gasteiger partial charge in [-0.1, -0.05) is 24.3 Å². The first kappa shape index (κ1) is 17.2. The van der Waals surface area contributed by atoms with Crippen LogP contribution in [0.25, 0.3) is 0 Å². The lowest BCUT2D eigenvalue weighted by molar-refractivity contribution is 0.377. The molecule has 0 aliphatic carbocycles. The molecule has 0 radical (unpaired) electrons. The van der Waals surface area contributed by atoms with E-state index in [0.29, 0.717) is 6.54 Å². The Morgan fingerprint density at radius 1 is 1.17 bits per heavy atom. The summed E-state index contributed by atoms with van der Waals surface area (Å²) in [6.45, 7) is 3.62. The lowest BCUT2D eigenvalue weighted by Crippen LogP contribution is -2.44. The molecule has 0 atom stereocenters. The fraction of sp³-hybridized carbons (Fsp3) is 0.471. The number of halogens is 1. The fourth-order valence-electron chi connectivity index (χ4n) is 3.51. The van der Waals surface area contributed by atoms with E-state index in [1.54, 1.807) is 0 Å². The molecule has 4 rings (SSSR count). The van der Waals surface area contributed by atoms with Gasteiger partial charge in [0.1, 0.15) is 5.82 Å². The summed E-state index contributed by atoms with van der Waals surface area (Å²) in [4.78, 5) is 6.76. The number of nitrogens with zero attached hydrogens (tertiary/aromatic N) is 5. The zero-order valence-electron chi connectivity index (χ0n) is 13.9. The molecule has 7 heteroatoms. The van der Waals surface area contributed by atoms with Crippen molar-refractivity contribution < 1.29 is 0 Å². The number of aromatic nitrogens is 3. The fourth-order valence-corrected chi connectivity index (χ4v) is 3.51. The SMILES string of the molecule is CN=C(NCc1nnc2n1CCC2)N1CCc2ccccc2C1.I. The van der Waals surface area contributed by atoms with E-state index in [4.69, 9.17) is 0 Å². The van der Waals surface area contributed by atoms with Crippen molar-refractivity contribution in [2.75, 3.05) is 13.6 Å². The Bertz CT molecular complexity index is 738. The minimum atomic E-state index is 0. The molecule has 1 aromatic heterocycles. The topological polar surface area (TPSA) is 58.3 Å². The number of guanidine groups is 1. The van der Waals surface area contributed by atoms with Gasteiger partial charge < -0.3 is 14.8 Å². The number of fused-ring (bicyclic) bond motifs is 2. The van der Waals surface area contributed by atoms with Crippen LogP contribution in [0.3, 0.4) is 0 Å². The molecule has 0 saturated heterocycles. The maximum atomic E-state index is 4.45. The van der Waals surface area contributed by atoms with Crippen LogP contribution >= 0.6 is 24.0 Å². The van der Waals surface area contributed by atoms with E-state index in [9.17, 15) is 0 Å². The van der Waals surface area contributed by atoms with Crippen LogP contribution in [-0.4, -0.2) is 39.2 Å². The number of hydrogen-bond donors (Lipinski definition) is 1. The summed E-state index contributed by atoms with van der Waals surface area (Å²) in [5.41, 5.74) is 2.85. The Kier molecular flexibility index (Phi) is 5.37. The molecule has 1 aromatic carbocycles. The van der Waals surface area contributed by atoms with Gasteiger partial charge in [0.15, 0.2) is 11.8 Å². The Hall–Kier alpha value is -1.64. The molecular formula is C17H23IN6. The van der Waals surface area contributed by atoms with Crippen LogP contribution < -0.4 is 5.32 Å². The second-order valence-electron chi connectivity index (χ2n) is 6.13. The predicted octanol–water partition coefficient (Wildman–Crippen LogP) is 1.98. The second-order valence-corrected chi connectivity index (χ2v) is 6.13. The number of rotatable bonds is 2. The Morgan fingerprint density at radius 2 is 2.00 bits per heavy atom. The van der Waals surface area contributed by atoms with Crippen molar-refractivity contribution in [2.24, 2.45) is 4.99 Å². The van der Waals surface area contributed by atoms with Crippen molar-refractivity contribution in [3.8, 4) is 0 Å². The normalized spacial score (nSPS) is 16.4. The average Bonchev–Trinajstić information content (AvgIpc) is 3.20. The summed E-state index contributed by atoms with van der Waals surface area (Å²) in [6.07, 6.45) is 3.29. The van der Waals surface area contributed by atoms with E-state index in [-0.39, 0.29) is 24.0 Å². The molecule has 0 spiro atoms. The van der Waals surface area contributed by atoms with Gasteiger partial charge in [-0.25, -0.2) is 0 Å². The molecule has 0 fully saturated rings. The third-order valence-electron chi connectivity index (χ3n) is 4.73. The zero-order valence-corrected chi connectivity index (χ0v) is 16.2. The number of benzene rings is 1. The van der Waals surface area contributed by atoms with Crippen molar-refractivity contribution in [1.82, 2.24) is 25.0 Å². The summed E-state index contributed by atoms with van der Waals surface area (Å²) in [5, 5.41) is 12.0. The van der Waals surface area contributed by atoms with E-state index in [2.05, 4.69) is 54.2 Å². The van der Waals surface area contributed by atoms with Gasteiger partial charge in [0, 0.05) is 33.1 Å². The van der Waals surface area contributed by atoms with Crippen molar-refractivity contribution in [3.05, 3.63) is 47.0 Å². The number of hydrogen-bond acceptors (Lipinski definition) is 3. The van der Waals surface area contributed by atoms with E-state index in [1.165, 1.54) is 17.5 Å². The average molecular weight is 438 g/mol. The molecule has 0 saturated carbocycles. The number of aryl methyl sites for hydroxylation is 1. The molecule has 2 aliphatic rings. The highest BCUT2D eigenvalue weighted by atomic mass is 127. The summed E-state index contributed by atoms with van der Waals surface area (Å²) < 4.78 is 2.23. The van der Waals surface area contributed by atoms with Gasteiger partial charge in [0.25, 0.3) is 0 Å². The van der Waals surface area contributed by atoms with E-state index in [1.807, 2.05) is 7.05 Å². The van der Waals surface area contributed by atoms with Crippen molar-refractivity contribution >= 4 is 29.9 Å². The van der Waals surface area contributed by atoms with E-state index >= 15 is 0 Å². The molecule has 2 aliphatic heterocycles. The quantitative estimate of drug-likeness (QED) is 0.443. The van der Waals surface area contributed by atoms with Gasteiger partial charge in [-0.05, 0) is 24.0 Å². The van der Waals surface area contributed by atoms with Crippen LogP contribution in [0.1, 0.15) is 29.2 Å². The van der Waals surface area contributed by atoms with Crippen LogP contribution in [0.4, 0.5) is 0 Å². The lowest BCUT2D eigenvalue weighted by atomic mass is 10.0. The number of aliphatic imine (C=N–C) groups is 1. The van der Waals surface area contributed by atoms with Gasteiger partial charge in [0.05, 0.1) is 6.54 Å². The molecule has 0 amide bonds. The molecule has 0 unspecified atom stereocenters. The Balaban J connectivity index is 0.00000169. The van der Waals surface area contributed by atoms with E-state index < -0.39 is 0 Å². The molecule has 2 aromatic rings. The molecule has 1 N–H and O–H groups in total. The molecule has 0 bridgehead atoms. The Morgan fingerprint density at radius 3 is 2.83 bits per heavy atom. The Labute approximate surface area is 159 Å². The highest BCUT2D eigenvalue weighted by molar-refractivity contribution is 14.0. The van der Waals surface area contributed by atoms with Crippen LogP contribution in [0, 0.1) is 0 Å². The van der Waals surface area contributed by atoms with Crippen molar-refractivity contribution in [3.63, 3.8) is 0 Å². The first-order valence-corrected chi connectivity index (χ1v) is 8.28. The van der Waals surface area contributed by atoms with Gasteiger partial charge in [0.2, 0.25) is 0 Å². The first-order chi connectivity index (χ1) is 11.3. The van der Waals surface area contributed by atoms with Crippen LogP contribution in [0.15, 0.2) is 29.3 Å². The van der Waals surface area contributed by atoms with Crippen molar-refractivity contribution in [2.45, 2.75) is 38.9 Å². The van der Waals surface area contributed by atoms with Gasteiger partial charge in [-0.2, -0.15) is 0 Å². The van der Waals surface area contributed by atoms with Crippen LogP contribution in [0.5, 0.6) is 0 Å². The monoisotopic (exact) mass is 438 g/mol. The van der Waals surface area contributed by atoms with Gasteiger partial charge in [-0.15, -0.1) is 34.2 Å². The first-order valence-electron chi connectivity index (χ1n) is 8.28. The minimum absolute atomic E-state index is 0.